The molecule has 0 bridgehead atoms. The van der Waals surface area contributed by atoms with Crippen molar-refractivity contribution in [1.82, 2.24) is 0 Å². The Morgan fingerprint density at radius 3 is 2.48 bits per heavy atom. The van der Waals surface area contributed by atoms with Gasteiger partial charge < -0.3 is 16.2 Å². The number of nitrogens with two attached hydrogens (primary N) is 1. The number of anilines is 1. The Morgan fingerprint density at radius 1 is 1.13 bits per heavy atom. The molecule has 0 spiro atoms. The van der Waals surface area contributed by atoms with Crippen LogP contribution in [-0.2, 0) is 6.42 Å². The van der Waals surface area contributed by atoms with E-state index in [0.29, 0.717) is 5.56 Å². The quantitative estimate of drug-likeness (QED) is 0.596. The highest BCUT2D eigenvalue weighted by atomic mass is 16.3. The second-order valence-electron chi connectivity index (χ2n) is 5.67. The minimum absolute atomic E-state index is 0.0693. The molecule has 1 aliphatic rings. The van der Waals surface area contributed by atoms with Gasteiger partial charge in [-0.15, -0.1) is 0 Å². The Balaban J connectivity index is 2.15. The number of hydrogen-bond acceptors (Lipinski definition) is 4. The maximum Gasteiger partial charge on any atom is 0.188 e. The van der Waals surface area contributed by atoms with E-state index in [4.69, 9.17) is 11.1 Å². The van der Waals surface area contributed by atoms with Gasteiger partial charge >= 0.3 is 0 Å². The molecule has 4 nitrogen and oxygen atoms in total. The third-order valence-electron chi connectivity index (χ3n) is 4.05. The molecule has 0 unspecified atom stereocenters. The fraction of sp³-hybridized carbons (Fsp3) is 0.158. The Kier molecular flexibility index (Phi) is 3.74. The van der Waals surface area contributed by atoms with Gasteiger partial charge in [-0.1, -0.05) is 37.6 Å². The highest BCUT2D eigenvalue weighted by Gasteiger charge is 2.25. The van der Waals surface area contributed by atoms with E-state index in [9.17, 15) is 9.90 Å². The summed E-state index contributed by atoms with van der Waals surface area (Å²) in [5.41, 5.74) is 9.39. The molecule has 0 atom stereocenters. The van der Waals surface area contributed by atoms with Crippen LogP contribution in [0.25, 0.3) is 11.1 Å². The van der Waals surface area contributed by atoms with Crippen LogP contribution in [0.15, 0.2) is 42.5 Å². The van der Waals surface area contributed by atoms with E-state index < -0.39 is 0 Å². The first-order valence-corrected chi connectivity index (χ1v) is 7.59. The predicted molar refractivity (Wildman–Crippen MR) is 92.2 cm³/mol. The van der Waals surface area contributed by atoms with Crippen LogP contribution in [0.1, 0.15) is 34.8 Å². The highest BCUT2D eigenvalue weighted by Crippen LogP contribution is 2.39. The number of fused-ring (bicyclic) bond motifs is 1. The number of carbonyl (C=O) groups excluding carboxylic acids is 1. The van der Waals surface area contributed by atoms with Crippen molar-refractivity contribution in [2.45, 2.75) is 19.8 Å². The topological polar surface area (TPSA) is 87.2 Å². The number of aryl methyl sites for hydroxylation is 1. The normalized spacial score (nSPS) is 13.3. The first-order valence-electron chi connectivity index (χ1n) is 7.59. The third kappa shape index (κ3) is 2.52. The molecule has 0 saturated carbocycles. The van der Waals surface area contributed by atoms with Crippen LogP contribution in [0.4, 0.5) is 5.69 Å². The third-order valence-corrected chi connectivity index (χ3v) is 4.05. The van der Waals surface area contributed by atoms with E-state index in [-0.39, 0.29) is 34.1 Å². The molecular formula is C19H18N2O2. The summed E-state index contributed by atoms with van der Waals surface area (Å²) >= 11 is 0. The van der Waals surface area contributed by atoms with Gasteiger partial charge in [0.25, 0.3) is 0 Å². The lowest BCUT2D eigenvalue weighted by Gasteiger charge is -2.18. The van der Waals surface area contributed by atoms with Crippen molar-refractivity contribution in [1.29, 1.82) is 5.41 Å². The molecule has 0 fully saturated rings. The molecule has 0 amide bonds. The molecule has 0 aromatic heterocycles. The van der Waals surface area contributed by atoms with Crippen LogP contribution in [0, 0.1) is 5.41 Å². The highest BCUT2D eigenvalue weighted by molar-refractivity contribution is 6.26. The maximum atomic E-state index is 12.0. The van der Waals surface area contributed by atoms with Crippen LogP contribution in [0.5, 0.6) is 5.75 Å². The summed E-state index contributed by atoms with van der Waals surface area (Å²) in [6.07, 6.45) is 4.77. The SMILES string of the molecule is CCCc1ccc(-c2cc(N)c3c(c2O)C(=N)C=CC3=O)cc1. The number of aromatic hydroxyl groups is 1. The summed E-state index contributed by atoms with van der Waals surface area (Å²) in [5.74, 6) is -0.353. The van der Waals surface area contributed by atoms with Crippen molar-refractivity contribution in [3.8, 4) is 16.9 Å². The molecule has 4 heteroatoms. The number of nitrogen functional groups attached to an aromatic ring is 1. The van der Waals surface area contributed by atoms with Gasteiger partial charge in [0.1, 0.15) is 5.75 Å². The van der Waals surface area contributed by atoms with E-state index in [2.05, 4.69) is 6.92 Å². The fourth-order valence-corrected chi connectivity index (χ4v) is 2.91. The summed E-state index contributed by atoms with van der Waals surface area (Å²) < 4.78 is 0. The zero-order chi connectivity index (χ0) is 16.6. The van der Waals surface area contributed by atoms with Crippen molar-refractivity contribution in [2.24, 2.45) is 0 Å². The number of phenolic OH excluding ortho intramolecular Hbond substituents is 1. The Bertz CT molecular complexity index is 833. The van der Waals surface area contributed by atoms with Gasteiger partial charge in [-0.2, -0.15) is 0 Å². The molecule has 1 aliphatic carbocycles. The molecule has 4 N–H and O–H groups in total. The van der Waals surface area contributed by atoms with E-state index in [1.165, 1.54) is 17.7 Å². The average Bonchev–Trinajstić information content (AvgIpc) is 2.54. The minimum atomic E-state index is -0.284. The Labute approximate surface area is 134 Å². The summed E-state index contributed by atoms with van der Waals surface area (Å²) in [6.45, 7) is 2.13. The number of hydrogen-bond donors (Lipinski definition) is 3. The number of carbonyl (C=O) groups is 1. The molecular weight excluding hydrogens is 288 g/mol. The van der Waals surface area contributed by atoms with Gasteiger partial charge in [0.05, 0.1) is 16.8 Å². The second kappa shape index (κ2) is 5.72. The lowest BCUT2D eigenvalue weighted by Crippen LogP contribution is -2.15. The van der Waals surface area contributed by atoms with Crippen LogP contribution in [0.2, 0.25) is 0 Å². The zero-order valence-electron chi connectivity index (χ0n) is 12.9. The number of ketones is 1. The lowest BCUT2D eigenvalue weighted by atomic mass is 9.88. The van der Waals surface area contributed by atoms with Gasteiger partial charge in [-0.05, 0) is 35.8 Å². The van der Waals surface area contributed by atoms with Gasteiger partial charge in [0.15, 0.2) is 5.78 Å². The van der Waals surface area contributed by atoms with E-state index >= 15 is 0 Å². The molecule has 0 saturated heterocycles. The molecule has 0 aliphatic heterocycles. The first kappa shape index (κ1) is 15.0. The summed E-state index contributed by atoms with van der Waals surface area (Å²) in [4.78, 5) is 12.0. The number of benzene rings is 2. The average molecular weight is 306 g/mol. The Morgan fingerprint density at radius 2 is 1.83 bits per heavy atom. The summed E-state index contributed by atoms with van der Waals surface area (Å²) in [7, 11) is 0. The van der Waals surface area contributed by atoms with E-state index in [1.807, 2.05) is 24.3 Å². The molecule has 2 aromatic rings. The first-order chi connectivity index (χ1) is 11.0. The molecule has 2 aromatic carbocycles. The van der Waals surface area contributed by atoms with E-state index in [1.54, 1.807) is 6.07 Å². The number of allylic oxidation sites excluding steroid dienone is 2. The van der Waals surface area contributed by atoms with Gasteiger partial charge in [-0.25, -0.2) is 0 Å². The van der Waals surface area contributed by atoms with Crippen LogP contribution in [-0.4, -0.2) is 16.6 Å². The molecule has 23 heavy (non-hydrogen) atoms. The second-order valence-corrected chi connectivity index (χ2v) is 5.67. The van der Waals surface area contributed by atoms with Gasteiger partial charge in [0, 0.05) is 11.3 Å². The largest absolute Gasteiger partial charge is 0.507 e. The molecule has 3 rings (SSSR count). The maximum absolute atomic E-state index is 12.0. The predicted octanol–water partition coefficient (Wildman–Crippen LogP) is 3.71. The van der Waals surface area contributed by atoms with Crippen molar-refractivity contribution in [3.63, 3.8) is 0 Å². The van der Waals surface area contributed by atoms with E-state index in [0.717, 1.165) is 18.4 Å². The lowest BCUT2D eigenvalue weighted by molar-refractivity contribution is 0.104. The number of phenols is 1. The minimum Gasteiger partial charge on any atom is -0.507 e. The fourth-order valence-electron chi connectivity index (χ4n) is 2.91. The summed E-state index contributed by atoms with van der Waals surface area (Å²) in [6, 6.07) is 9.49. The molecule has 0 heterocycles. The van der Waals surface area contributed by atoms with Crippen LogP contribution >= 0.6 is 0 Å². The van der Waals surface area contributed by atoms with Crippen molar-refractivity contribution >= 4 is 17.2 Å². The number of nitrogens with one attached hydrogen (secondary N) is 1. The van der Waals surface area contributed by atoms with Crippen molar-refractivity contribution in [3.05, 3.63) is 59.2 Å². The molecule has 0 radical (unpaired) electrons. The van der Waals surface area contributed by atoms with Crippen molar-refractivity contribution in [2.75, 3.05) is 5.73 Å². The van der Waals surface area contributed by atoms with Crippen molar-refractivity contribution < 1.29 is 9.90 Å². The standard InChI is InChI=1S/C19H18N2O2/c1-2-3-11-4-6-12(7-5-11)13-10-15(21)17-16(22)9-8-14(20)18(17)19(13)23/h4-10,20,23H,2-3,21H2,1H3. The van der Waals surface area contributed by atoms with Gasteiger partial charge in [-0.3, -0.25) is 4.79 Å². The van der Waals surface area contributed by atoms with Gasteiger partial charge in [0.2, 0.25) is 0 Å². The Hall–Kier alpha value is -2.88. The van der Waals surface area contributed by atoms with Crippen LogP contribution in [0.3, 0.4) is 0 Å². The zero-order valence-corrected chi connectivity index (χ0v) is 12.9. The summed E-state index contributed by atoms with van der Waals surface area (Å²) in [5, 5.41) is 18.6. The monoisotopic (exact) mass is 306 g/mol. The van der Waals surface area contributed by atoms with Crippen LogP contribution < -0.4 is 5.73 Å². The molecule has 116 valence electrons. The smallest absolute Gasteiger partial charge is 0.188 e. The number of rotatable bonds is 3.